The number of halogens is 1. The highest BCUT2D eigenvalue weighted by Crippen LogP contribution is 2.21. The minimum atomic E-state index is -0.260. The lowest BCUT2D eigenvalue weighted by atomic mass is 9.99. The summed E-state index contributed by atoms with van der Waals surface area (Å²) in [5.74, 6) is 0.792. The number of hydrogen-bond acceptors (Lipinski definition) is 4. The molecule has 1 aliphatic heterocycles. The van der Waals surface area contributed by atoms with Crippen LogP contribution >= 0.6 is 0 Å². The zero-order valence-corrected chi connectivity index (χ0v) is 14.0. The summed E-state index contributed by atoms with van der Waals surface area (Å²) in [4.78, 5) is 6.67. The molecule has 1 saturated heterocycles. The van der Waals surface area contributed by atoms with E-state index in [1.165, 1.54) is 12.1 Å². The van der Waals surface area contributed by atoms with Crippen LogP contribution in [0.4, 0.5) is 4.39 Å². The largest absolute Gasteiger partial charge is 0.493 e. The summed E-state index contributed by atoms with van der Waals surface area (Å²) >= 11 is 0. The highest BCUT2D eigenvalue weighted by Gasteiger charge is 2.21. The predicted octanol–water partition coefficient (Wildman–Crippen LogP) is 3.16. The van der Waals surface area contributed by atoms with Gasteiger partial charge in [-0.05, 0) is 43.7 Å². The molecule has 0 amide bonds. The van der Waals surface area contributed by atoms with E-state index in [-0.39, 0.29) is 5.82 Å². The van der Waals surface area contributed by atoms with Crippen LogP contribution < -0.4 is 4.74 Å². The van der Waals surface area contributed by atoms with Crippen LogP contribution in [-0.2, 0) is 6.54 Å². The molecule has 3 aromatic rings. The summed E-state index contributed by atoms with van der Waals surface area (Å²) in [6.07, 6.45) is 3.87. The van der Waals surface area contributed by atoms with Gasteiger partial charge in [-0.15, -0.1) is 0 Å². The van der Waals surface area contributed by atoms with Gasteiger partial charge in [0.05, 0.1) is 12.3 Å². The first-order valence-electron chi connectivity index (χ1n) is 8.66. The van der Waals surface area contributed by atoms with E-state index in [9.17, 15) is 4.39 Å². The number of rotatable bonds is 5. The molecule has 5 nitrogen and oxygen atoms in total. The van der Waals surface area contributed by atoms with Crippen LogP contribution in [-0.4, -0.2) is 39.2 Å². The Hall–Kier alpha value is -2.47. The van der Waals surface area contributed by atoms with Crippen molar-refractivity contribution in [1.82, 2.24) is 19.5 Å². The highest BCUT2D eigenvalue weighted by atomic mass is 19.1. The quantitative estimate of drug-likeness (QED) is 0.715. The van der Waals surface area contributed by atoms with Gasteiger partial charge >= 0.3 is 0 Å². The molecule has 1 atom stereocenters. The monoisotopic (exact) mass is 340 g/mol. The number of hydrogen-bond donors (Lipinski definition) is 0. The van der Waals surface area contributed by atoms with Crippen molar-refractivity contribution in [3.63, 3.8) is 0 Å². The second kappa shape index (κ2) is 7.19. The Morgan fingerprint density at radius 2 is 2.12 bits per heavy atom. The van der Waals surface area contributed by atoms with Gasteiger partial charge < -0.3 is 4.74 Å². The fourth-order valence-electron chi connectivity index (χ4n) is 3.45. The maximum absolute atomic E-state index is 13.2. The van der Waals surface area contributed by atoms with Gasteiger partial charge in [-0.3, -0.25) is 4.90 Å². The fourth-order valence-corrected chi connectivity index (χ4v) is 3.45. The summed E-state index contributed by atoms with van der Waals surface area (Å²) in [6, 6.07) is 12.4. The van der Waals surface area contributed by atoms with E-state index < -0.39 is 0 Å². The lowest BCUT2D eigenvalue weighted by Gasteiger charge is -2.32. The fraction of sp³-hybridized carbons (Fsp3) is 0.368. The minimum Gasteiger partial charge on any atom is -0.493 e. The van der Waals surface area contributed by atoms with E-state index in [0.29, 0.717) is 18.3 Å². The van der Waals surface area contributed by atoms with Gasteiger partial charge in [-0.25, -0.2) is 13.9 Å². The highest BCUT2D eigenvalue weighted by molar-refractivity contribution is 5.37. The number of aromatic nitrogens is 3. The van der Waals surface area contributed by atoms with Crippen LogP contribution in [0.5, 0.6) is 5.75 Å². The Morgan fingerprint density at radius 3 is 3.04 bits per heavy atom. The average Bonchev–Trinajstić information content (AvgIpc) is 3.10. The van der Waals surface area contributed by atoms with E-state index >= 15 is 0 Å². The van der Waals surface area contributed by atoms with Gasteiger partial charge in [0, 0.05) is 25.1 Å². The first-order chi connectivity index (χ1) is 12.3. The standard InChI is InChI=1S/C19H21FN4O/c20-16-5-1-7-18(10-16)25-13-15-4-3-9-23(11-15)12-17-6-2-8-19-21-14-22-24(17)19/h1-2,5-8,10,14-15H,3-4,9,11-13H2. The summed E-state index contributed by atoms with van der Waals surface area (Å²) in [6.45, 7) is 3.51. The van der Waals surface area contributed by atoms with Gasteiger partial charge in [0.15, 0.2) is 5.65 Å². The number of nitrogens with zero attached hydrogens (tertiary/aromatic N) is 4. The Bertz CT molecular complexity index is 850. The van der Waals surface area contributed by atoms with Crippen molar-refractivity contribution in [3.05, 3.63) is 60.3 Å². The smallest absolute Gasteiger partial charge is 0.155 e. The van der Waals surface area contributed by atoms with E-state index in [1.807, 2.05) is 16.6 Å². The molecule has 0 bridgehead atoms. The number of likely N-dealkylation sites (tertiary alicyclic amines) is 1. The molecular formula is C19H21FN4O. The van der Waals surface area contributed by atoms with E-state index in [2.05, 4.69) is 21.0 Å². The number of pyridine rings is 1. The first-order valence-corrected chi connectivity index (χ1v) is 8.66. The zero-order valence-electron chi connectivity index (χ0n) is 14.0. The number of ether oxygens (including phenoxy) is 1. The Kier molecular flexibility index (Phi) is 4.61. The normalized spacial score (nSPS) is 18.5. The third-order valence-electron chi connectivity index (χ3n) is 4.65. The summed E-state index contributed by atoms with van der Waals surface area (Å²) in [5, 5.41) is 4.31. The summed E-state index contributed by atoms with van der Waals surface area (Å²) in [7, 11) is 0. The molecule has 1 aliphatic rings. The van der Waals surface area contributed by atoms with Crippen LogP contribution in [0.3, 0.4) is 0 Å². The van der Waals surface area contributed by atoms with Crippen molar-refractivity contribution < 1.29 is 9.13 Å². The number of piperidine rings is 1. The maximum Gasteiger partial charge on any atom is 0.155 e. The minimum absolute atomic E-state index is 0.260. The van der Waals surface area contributed by atoms with Crippen LogP contribution in [0.2, 0.25) is 0 Å². The van der Waals surface area contributed by atoms with E-state index in [4.69, 9.17) is 4.74 Å². The van der Waals surface area contributed by atoms with Gasteiger partial charge in [0.1, 0.15) is 17.9 Å². The number of fused-ring (bicyclic) bond motifs is 1. The lowest BCUT2D eigenvalue weighted by molar-refractivity contribution is 0.123. The Morgan fingerprint density at radius 1 is 1.20 bits per heavy atom. The molecule has 130 valence electrons. The van der Waals surface area contributed by atoms with Crippen LogP contribution in [0.1, 0.15) is 18.5 Å². The SMILES string of the molecule is Fc1cccc(OCC2CCCN(Cc3cccc4ncnn34)C2)c1. The van der Waals surface area contributed by atoms with Crippen molar-refractivity contribution in [1.29, 1.82) is 0 Å². The van der Waals surface area contributed by atoms with Gasteiger partial charge in [0.2, 0.25) is 0 Å². The molecule has 4 rings (SSSR count). The maximum atomic E-state index is 13.2. The molecule has 0 spiro atoms. The molecule has 0 N–H and O–H groups in total. The number of benzene rings is 1. The molecule has 6 heteroatoms. The molecule has 25 heavy (non-hydrogen) atoms. The molecule has 1 aromatic carbocycles. The molecule has 0 aliphatic carbocycles. The van der Waals surface area contributed by atoms with E-state index in [0.717, 1.165) is 43.8 Å². The second-order valence-corrected chi connectivity index (χ2v) is 6.56. The third kappa shape index (κ3) is 3.79. The Labute approximate surface area is 146 Å². The van der Waals surface area contributed by atoms with Gasteiger partial charge in [-0.2, -0.15) is 5.10 Å². The Balaban J connectivity index is 1.37. The average molecular weight is 340 g/mol. The van der Waals surface area contributed by atoms with E-state index in [1.54, 1.807) is 18.5 Å². The molecule has 1 unspecified atom stereocenters. The van der Waals surface area contributed by atoms with Gasteiger partial charge in [0.25, 0.3) is 0 Å². The third-order valence-corrected chi connectivity index (χ3v) is 4.65. The van der Waals surface area contributed by atoms with Gasteiger partial charge in [-0.1, -0.05) is 12.1 Å². The summed E-state index contributed by atoms with van der Waals surface area (Å²) < 4.78 is 20.9. The van der Waals surface area contributed by atoms with Crippen LogP contribution in [0.25, 0.3) is 5.65 Å². The topological polar surface area (TPSA) is 42.7 Å². The van der Waals surface area contributed by atoms with Crippen LogP contribution in [0, 0.1) is 11.7 Å². The molecular weight excluding hydrogens is 319 g/mol. The second-order valence-electron chi connectivity index (χ2n) is 6.56. The zero-order chi connectivity index (χ0) is 17.1. The molecule has 0 radical (unpaired) electrons. The van der Waals surface area contributed by atoms with Crippen molar-refractivity contribution in [2.45, 2.75) is 19.4 Å². The lowest BCUT2D eigenvalue weighted by Crippen LogP contribution is -2.37. The van der Waals surface area contributed by atoms with Crippen molar-refractivity contribution in [3.8, 4) is 5.75 Å². The first kappa shape index (κ1) is 16.0. The molecule has 0 saturated carbocycles. The molecule has 2 aromatic heterocycles. The molecule has 3 heterocycles. The van der Waals surface area contributed by atoms with Crippen molar-refractivity contribution in [2.24, 2.45) is 5.92 Å². The predicted molar refractivity (Wildman–Crippen MR) is 92.9 cm³/mol. The van der Waals surface area contributed by atoms with Crippen molar-refractivity contribution in [2.75, 3.05) is 19.7 Å². The van der Waals surface area contributed by atoms with Crippen LogP contribution in [0.15, 0.2) is 48.8 Å². The summed E-state index contributed by atoms with van der Waals surface area (Å²) in [5.41, 5.74) is 2.02. The van der Waals surface area contributed by atoms with Crippen molar-refractivity contribution >= 4 is 5.65 Å². The molecule has 1 fully saturated rings.